The molecule has 1 rings (SSSR count). The largest absolute Gasteiger partial charge is 0.471 e. The first-order valence-corrected chi connectivity index (χ1v) is 6.40. The van der Waals surface area contributed by atoms with Crippen LogP contribution in [-0.4, -0.2) is 35.3 Å². The Kier molecular flexibility index (Phi) is 6.60. The van der Waals surface area contributed by atoms with Crippen LogP contribution in [0.4, 0.5) is 0 Å². The highest BCUT2D eigenvalue weighted by atomic mass is 16.5. The van der Waals surface area contributed by atoms with Gasteiger partial charge in [-0.2, -0.15) is 0 Å². The van der Waals surface area contributed by atoms with Crippen molar-refractivity contribution < 1.29 is 9.47 Å². The van der Waals surface area contributed by atoms with Gasteiger partial charge in [-0.3, -0.25) is 4.98 Å². The van der Waals surface area contributed by atoms with Crippen LogP contribution >= 0.6 is 0 Å². The third kappa shape index (κ3) is 5.93. The summed E-state index contributed by atoms with van der Waals surface area (Å²) in [6.07, 6.45) is 3.35. The van der Waals surface area contributed by atoms with Crippen LogP contribution in [-0.2, 0) is 11.3 Å². The molecule has 0 aliphatic carbocycles. The number of nitrogens with one attached hydrogen (secondary N) is 1. The van der Waals surface area contributed by atoms with Gasteiger partial charge in [0.1, 0.15) is 6.10 Å². The lowest BCUT2D eigenvalue weighted by Crippen LogP contribution is -2.23. The van der Waals surface area contributed by atoms with Crippen LogP contribution in [0.2, 0.25) is 0 Å². The molecule has 0 amide bonds. The molecule has 1 aromatic rings. The second-order valence-electron chi connectivity index (χ2n) is 4.47. The third-order valence-corrected chi connectivity index (χ3v) is 2.23. The van der Waals surface area contributed by atoms with Crippen molar-refractivity contribution in [3.05, 3.63) is 18.1 Å². The minimum absolute atomic E-state index is 0.0208. The molecule has 0 aromatic carbocycles. The van der Waals surface area contributed by atoms with Crippen LogP contribution in [0.5, 0.6) is 5.88 Å². The normalized spacial score (nSPS) is 12.7. The summed E-state index contributed by atoms with van der Waals surface area (Å²) in [6.45, 7) is 10.1. The molecule has 102 valence electrons. The lowest BCUT2D eigenvalue weighted by Gasteiger charge is -2.14. The fourth-order valence-corrected chi connectivity index (χ4v) is 1.36. The molecule has 1 aromatic heterocycles. The molecule has 0 fully saturated rings. The van der Waals surface area contributed by atoms with E-state index in [0.717, 1.165) is 5.69 Å². The molecule has 0 saturated carbocycles. The summed E-state index contributed by atoms with van der Waals surface area (Å²) in [4.78, 5) is 8.52. The molecule has 5 heteroatoms. The highest BCUT2D eigenvalue weighted by Gasteiger charge is 2.06. The van der Waals surface area contributed by atoms with Crippen molar-refractivity contribution in [1.29, 1.82) is 0 Å². The van der Waals surface area contributed by atoms with Crippen molar-refractivity contribution in [2.45, 2.75) is 46.4 Å². The van der Waals surface area contributed by atoms with Crippen molar-refractivity contribution in [3.8, 4) is 5.88 Å². The Morgan fingerprint density at radius 1 is 1.28 bits per heavy atom. The van der Waals surface area contributed by atoms with E-state index in [1.807, 2.05) is 13.8 Å². The average Bonchev–Trinajstić information content (AvgIpc) is 2.34. The number of ether oxygens (including phenoxy) is 2. The van der Waals surface area contributed by atoms with E-state index in [1.165, 1.54) is 0 Å². The van der Waals surface area contributed by atoms with Gasteiger partial charge in [0.25, 0.3) is 0 Å². The minimum Gasteiger partial charge on any atom is -0.471 e. The van der Waals surface area contributed by atoms with Crippen LogP contribution in [0.1, 0.15) is 33.4 Å². The molecule has 0 radical (unpaired) electrons. The highest BCUT2D eigenvalue weighted by molar-refractivity contribution is 5.08. The molecular formula is C13H23N3O2. The second-order valence-corrected chi connectivity index (χ2v) is 4.47. The van der Waals surface area contributed by atoms with Crippen LogP contribution < -0.4 is 10.1 Å². The average molecular weight is 253 g/mol. The lowest BCUT2D eigenvalue weighted by atomic mass is 10.3. The Hall–Kier alpha value is -1.20. The van der Waals surface area contributed by atoms with E-state index in [9.17, 15) is 0 Å². The molecule has 1 N–H and O–H groups in total. The van der Waals surface area contributed by atoms with Gasteiger partial charge in [0.15, 0.2) is 0 Å². The van der Waals surface area contributed by atoms with Crippen LogP contribution in [0.3, 0.4) is 0 Å². The Balaban J connectivity index is 2.48. The van der Waals surface area contributed by atoms with Crippen molar-refractivity contribution >= 4 is 0 Å². The maximum Gasteiger partial charge on any atom is 0.232 e. The zero-order valence-corrected chi connectivity index (χ0v) is 11.6. The molecule has 1 atom stereocenters. The summed E-state index contributed by atoms with van der Waals surface area (Å²) in [5.74, 6) is 0.547. The second kappa shape index (κ2) is 8.00. The quantitative estimate of drug-likeness (QED) is 0.765. The monoisotopic (exact) mass is 253 g/mol. The number of aromatic nitrogens is 2. The maximum absolute atomic E-state index is 5.64. The van der Waals surface area contributed by atoms with Crippen molar-refractivity contribution in [2.75, 3.05) is 13.2 Å². The smallest absolute Gasteiger partial charge is 0.232 e. The summed E-state index contributed by atoms with van der Waals surface area (Å²) in [7, 11) is 0. The standard InChI is InChI=1S/C13H23N3O2/c1-5-17-9-11(4)18-13-8-14-6-12(16-13)7-15-10(2)3/h6,8,10-11,15H,5,7,9H2,1-4H3. The van der Waals surface area contributed by atoms with Gasteiger partial charge in [0, 0.05) is 25.4 Å². The van der Waals surface area contributed by atoms with E-state index in [2.05, 4.69) is 29.1 Å². The summed E-state index contributed by atoms with van der Waals surface area (Å²) in [6, 6.07) is 0.424. The number of hydrogen-bond acceptors (Lipinski definition) is 5. The molecule has 0 spiro atoms. The molecule has 0 aliphatic rings. The topological polar surface area (TPSA) is 56.3 Å². The fourth-order valence-electron chi connectivity index (χ4n) is 1.36. The van der Waals surface area contributed by atoms with Crippen LogP contribution in [0, 0.1) is 0 Å². The van der Waals surface area contributed by atoms with Crippen molar-refractivity contribution in [2.24, 2.45) is 0 Å². The van der Waals surface area contributed by atoms with E-state index in [0.29, 0.717) is 31.7 Å². The molecular weight excluding hydrogens is 230 g/mol. The molecule has 1 heterocycles. The van der Waals surface area contributed by atoms with Gasteiger partial charge in [-0.1, -0.05) is 13.8 Å². The minimum atomic E-state index is -0.0208. The number of hydrogen-bond donors (Lipinski definition) is 1. The van der Waals surface area contributed by atoms with Gasteiger partial charge in [0.2, 0.25) is 5.88 Å². The Morgan fingerprint density at radius 3 is 2.72 bits per heavy atom. The van der Waals surface area contributed by atoms with Gasteiger partial charge in [-0.05, 0) is 13.8 Å². The van der Waals surface area contributed by atoms with Gasteiger partial charge in [-0.25, -0.2) is 4.98 Å². The first-order valence-electron chi connectivity index (χ1n) is 6.40. The first kappa shape index (κ1) is 14.9. The third-order valence-electron chi connectivity index (χ3n) is 2.23. The summed E-state index contributed by atoms with van der Waals surface area (Å²) in [5.41, 5.74) is 0.879. The molecule has 1 unspecified atom stereocenters. The lowest BCUT2D eigenvalue weighted by molar-refractivity contribution is 0.0630. The maximum atomic E-state index is 5.64. The van der Waals surface area contributed by atoms with Gasteiger partial charge < -0.3 is 14.8 Å². The fraction of sp³-hybridized carbons (Fsp3) is 0.692. The predicted octanol–water partition coefficient (Wildman–Crippen LogP) is 1.78. The van der Waals surface area contributed by atoms with Crippen LogP contribution in [0.15, 0.2) is 12.4 Å². The van der Waals surface area contributed by atoms with Crippen LogP contribution in [0.25, 0.3) is 0 Å². The molecule has 0 bridgehead atoms. The Morgan fingerprint density at radius 2 is 2.06 bits per heavy atom. The summed E-state index contributed by atoms with van der Waals surface area (Å²) >= 11 is 0. The summed E-state index contributed by atoms with van der Waals surface area (Å²) in [5, 5.41) is 3.29. The van der Waals surface area contributed by atoms with Crippen molar-refractivity contribution in [1.82, 2.24) is 15.3 Å². The van der Waals surface area contributed by atoms with E-state index < -0.39 is 0 Å². The molecule has 0 aliphatic heterocycles. The SMILES string of the molecule is CCOCC(C)Oc1cncc(CNC(C)C)n1. The zero-order valence-electron chi connectivity index (χ0n) is 11.6. The van der Waals surface area contributed by atoms with E-state index in [1.54, 1.807) is 12.4 Å². The molecule has 0 saturated heterocycles. The van der Waals surface area contributed by atoms with Gasteiger partial charge in [-0.15, -0.1) is 0 Å². The van der Waals surface area contributed by atoms with Crippen molar-refractivity contribution in [3.63, 3.8) is 0 Å². The molecule has 5 nitrogen and oxygen atoms in total. The zero-order chi connectivity index (χ0) is 13.4. The first-order chi connectivity index (χ1) is 8.61. The van der Waals surface area contributed by atoms with Gasteiger partial charge in [0.05, 0.1) is 18.5 Å². The Labute approximate surface area is 109 Å². The highest BCUT2D eigenvalue weighted by Crippen LogP contribution is 2.08. The van der Waals surface area contributed by atoms with E-state index >= 15 is 0 Å². The number of nitrogens with zero attached hydrogens (tertiary/aromatic N) is 2. The van der Waals surface area contributed by atoms with E-state index in [-0.39, 0.29) is 6.10 Å². The summed E-state index contributed by atoms with van der Waals surface area (Å²) < 4.78 is 10.9. The molecule has 18 heavy (non-hydrogen) atoms. The Bertz CT molecular complexity index is 345. The van der Waals surface area contributed by atoms with Gasteiger partial charge >= 0.3 is 0 Å². The number of rotatable bonds is 8. The van der Waals surface area contributed by atoms with E-state index in [4.69, 9.17) is 9.47 Å². The predicted molar refractivity (Wildman–Crippen MR) is 70.6 cm³/mol.